The maximum absolute atomic E-state index is 13.9. The number of nitrogens with zero attached hydrogens (tertiary/aromatic N) is 3. The summed E-state index contributed by atoms with van der Waals surface area (Å²) < 4.78 is 15.8. The van der Waals surface area contributed by atoms with Crippen molar-refractivity contribution in [1.82, 2.24) is 15.0 Å². The number of hydrogen-bond acceptors (Lipinski definition) is 4. The van der Waals surface area contributed by atoms with Crippen molar-refractivity contribution in [2.75, 3.05) is 10.6 Å². The minimum Gasteiger partial charge on any atom is -0.322 e. The molecule has 30 heavy (non-hydrogen) atoms. The number of hydrogen-bond donors (Lipinski definition) is 2. The number of benzene rings is 2. The summed E-state index contributed by atoms with van der Waals surface area (Å²) in [6.45, 7) is 7.28. The van der Waals surface area contributed by atoms with Gasteiger partial charge in [0, 0.05) is 10.2 Å². The van der Waals surface area contributed by atoms with E-state index >= 15 is 0 Å². The number of carbonyl (C=O) groups is 2. The lowest BCUT2D eigenvalue weighted by atomic mass is 10.0. The number of halogens is 2. The molecule has 0 atom stereocenters. The minimum atomic E-state index is -0.558. The lowest BCUT2D eigenvalue weighted by molar-refractivity contribution is -0.117. The van der Waals surface area contributed by atoms with E-state index in [4.69, 9.17) is 0 Å². The summed E-state index contributed by atoms with van der Waals surface area (Å²) in [6, 6.07) is 8.30. The molecule has 3 aromatic rings. The molecule has 0 aliphatic rings. The average molecular weight is 474 g/mol. The van der Waals surface area contributed by atoms with Crippen LogP contribution in [-0.4, -0.2) is 26.8 Å². The van der Waals surface area contributed by atoms with Crippen molar-refractivity contribution >= 4 is 39.1 Å². The first-order valence-electron chi connectivity index (χ1n) is 9.20. The van der Waals surface area contributed by atoms with E-state index in [-0.39, 0.29) is 17.9 Å². The molecule has 2 N–H and O–H groups in total. The summed E-state index contributed by atoms with van der Waals surface area (Å²) in [4.78, 5) is 25.0. The highest BCUT2D eigenvalue weighted by molar-refractivity contribution is 9.10. The number of carbonyl (C=O) groups excluding carboxylic acids is 2. The molecule has 2 aromatic carbocycles. The maximum Gasteiger partial charge on any atom is 0.278 e. The zero-order valence-electron chi connectivity index (χ0n) is 17.0. The highest BCUT2D eigenvalue weighted by Crippen LogP contribution is 2.23. The highest BCUT2D eigenvalue weighted by Gasteiger charge is 2.20. The van der Waals surface area contributed by atoms with Gasteiger partial charge in [0.15, 0.2) is 5.69 Å². The van der Waals surface area contributed by atoms with Crippen molar-refractivity contribution in [2.45, 2.75) is 34.2 Å². The van der Waals surface area contributed by atoms with Crippen LogP contribution in [0.25, 0.3) is 0 Å². The van der Waals surface area contributed by atoms with Crippen LogP contribution in [0, 0.1) is 33.5 Å². The lowest BCUT2D eigenvalue weighted by Crippen LogP contribution is -2.21. The molecule has 0 spiro atoms. The van der Waals surface area contributed by atoms with E-state index < -0.39 is 17.6 Å². The van der Waals surface area contributed by atoms with Gasteiger partial charge in [0.1, 0.15) is 12.4 Å². The predicted molar refractivity (Wildman–Crippen MR) is 116 cm³/mol. The van der Waals surface area contributed by atoms with Crippen LogP contribution >= 0.6 is 15.9 Å². The van der Waals surface area contributed by atoms with E-state index in [1.165, 1.54) is 16.8 Å². The minimum absolute atomic E-state index is 0.0595. The van der Waals surface area contributed by atoms with Crippen molar-refractivity contribution in [2.24, 2.45) is 0 Å². The number of anilines is 2. The fourth-order valence-corrected chi connectivity index (χ4v) is 3.52. The van der Waals surface area contributed by atoms with Gasteiger partial charge in [-0.3, -0.25) is 9.59 Å². The van der Waals surface area contributed by atoms with Crippen molar-refractivity contribution in [3.8, 4) is 0 Å². The van der Waals surface area contributed by atoms with E-state index in [1.807, 2.05) is 32.9 Å². The second kappa shape index (κ2) is 8.74. The van der Waals surface area contributed by atoms with Gasteiger partial charge in [-0.05, 0) is 57.0 Å². The Balaban J connectivity index is 1.72. The van der Waals surface area contributed by atoms with Gasteiger partial charge >= 0.3 is 0 Å². The molecule has 7 nitrogen and oxygen atoms in total. The normalized spacial score (nSPS) is 10.7. The van der Waals surface area contributed by atoms with Gasteiger partial charge in [0.25, 0.3) is 5.91 Å². The molecule has 0 radical (unpaired) electrons. The molecule has 0 unspecified atom stereocenters. The van der Waals surface area contributed by atoms with Crippen molar-refractivity contribution in [3.63, 3.8) is 0 Å². The molecule has 0 aliphatic heterocycles. The van der Waals surface area contributed by atoms with E-state index in [2.05, 4.69) is 36.9 Å². The molecule has 0 saturated heterocycles. The quantitative estimate of drug-likeness (QED) is 0.577. The number of amides is 2. The highest BCUT2D eigenvalue weighted by atomic mass is 79.9. The SMILES string of the molecule is Cc1cc(C)c(NC(=O)c2nnn(CC(=O)Nc3ccc(Br)cc3F)c2C)c(C)c1. The van der Waals surface area contributed by atoms with E-state index in [0.717, 1.165) is 22.4 Å². The standard InChI is InChI=1S/C21H21BrFN5O2/c1-11-7-12(2)19(13(3)8-11)25-21(30)20-14(4)28(27-26-20)10-18(29)24-17-6-5-15(22)9-16(17)23/h5-9H,10H2,1-4H3,(H,24,29)(H,25,30). The second-order valence-corrected chi connectivity index (χ2v) is 8.00. The fourth-order valence-electron chi connectivity index (χ4n) is 3.19. The van der Waals surface area contributed by atoms with Crippen molar-refractivity contribution in [3.05, 3.63) is 68.7 Å². The average Bonchev–Trinajstić information content (AvgIpc) is 3.01. The summed E-state index contributed by atoms with van der Waals surface area (Å²) in [5, 5.41) is 13.2. The molecule has 0 aliphatic carbocycles. The van der Waals surface area contributed by atoms with Crippen LogP contribution in [0.15, 0.2) is 34.8 Å². The van der Waals surface area contributed by atoms with Gasteiger partial charge in [0.05, 0.1) is 11.4 Å². The van der Waals surface area contributed by atoms with Crippen LogP contribution in [0.5, 0.6) is 0 Å². The van der Waals surface area contributed by atoms with Crippen LogP contribution < -0.4 is 10.6 Å². The molecule has 1 heterocycles. The second-order valence-electron chi connectivity index (χ2n) is 7.08. The first kappa shape index (κ1) is 21.6. The Morgan fingerprint density at radius 3 is 2.37 bits per heavy atom. The smallest absolute Gasteiger partial charge is 0.278 e. The van der Waals surface area contributed by atoms with E-state index in [0.29, 0.717) is 10.2 Å². The Labute approximate surface area is 181 Å². The number of aryl methyl sites for hydroxylation is 3. The molecule has 1 aromatic heterocycles. The number of rotatable bonds is 5. The van der Waals surface area contributed by atoms with E-state index in [9.17, 15) is 14.0 Å². The third kappa shape index (κ3) is 4.73. The third-order valence-corrected chi connectivity index (χ3v) is 5.11. The molecule has 2 amide bonds. The monoisotopic (exact) mass is 473 g/mol. The summed E-state index contributed by atoms with van der Waals surface area (Å²) in [5.41, 5.74) is 4.34. The molecule has 3 rings (SSSR count). The van der Waals surface area contributed by atoms with Crippen LogP contribution in [0.3, 0.4) is 0 Å². The first-order valence-corrected chi connectivity index (χ1v) is 9.99. The zero-order valence-corrected chi connectivity index (χ0v) is 18.6. The predicted octanol–water partition coefficient (Wildman–Crippen LogP) is 4.30. The summed E-state index contributed by atoms with van der Waals surface area (Å²) in [6.07, 6.45) is 0. The Kier molecular flexibility index (Phi) is 6.31. The van der Waals surface area contributed by atoms with Gasteiger partial charge in [-0.1, -0.05) is 38.8 Å². The Bertz CT molecular complexity index is 1120. The Hall–Kier alpha value is -3.07. The van der Waals surface area contributed by atoms with E-state index in [1.54, 1.807) is 13.0 Å². The summed E-state index contributed by atoms with van der Waals surface area (Å²) >= 11 is 3.17. The Morgan fingerprint density at radius 1 is 1.07 bits per heavy atom. The topological polar surface area (TPSA) is 88.9 Å². The molecular formula is C21H21BrFN5O2. The summed E-state index contributed by atoms with van der Waals surface area (Å²) in [5.74, 6) is -1.45. The van der Waals surface area contributed by atoms with Crippen LogP contribution in [0.4, 0.5) is 15.8 Å². The number of aromatic nitrogens is 3. The third-order valence-electron chi connectivity index (χ3n) is 4.61. The summed E-state index contributed by atoms with van der Waals surface area (Å²) in [7, 11) is 0. The largest absolute Gasteiger partial charge is 0.322 e. The van der Waals surface area contributed by atoms with Crippen LogP contribution in [-0.2, 0) is 11.3 Å². The van der Waals surface area contributed by atoms with Gasteiger partial charge < -0.3 is 10.6 Å². The van der Waals surface area contributed by atoms with Gasteiger partial charge in [0.2, 0.25) is 5.91 Å². The molecular weight excluding hydrogens is 453 g/mol. The molecule has 0 saturated carbocycles. The molecule has 0 fully saturated rings. The van der Waals surface area contributed by atoms with Gasteiger partial charge in [-0.2, -0.15) is 0 Å². The van der Waals surface area contributed by atoms with Crippen LogP contribution in [0.2, 0.25) is 0 Å². The zero-order chi connectivity index (χ0) is 22.0. The van der Waals surface area contributed by atoms with Crippen molar-refractivity contribution in [1.29, 1.82) is 0 Å². The molecule has 0 bridgehead atoms. The van der Waals surface area contributed by atoms with Gasteiger partial charge in [-0.15, -0.1) is 5.10 Å². The van der Waals surface area contributed by atoms with Crippen molar-refractivity contribution < 1.29 is 14.0 Å². The first-order chi connectivity index (χ1) is 14.2. The lowest BCUT2D eigenvalue weighted by Gasteiger charge is -2.12. The molecule has 156 valence electrons. The van der Waals surface area contributed by atoms with Crippen LogP contribution in [0.1, 0.15) is 32.9 Å². The maximum atomic E-state index is 13.9. The fraction of sp³-hybridized carbons (Fsp3) is 0.238. The molecule has 9 heteroatoms. The van der Waals surface area contributed by atoms with Gasteiger partial charge in [-0.25, -0.2) is 9.07 Å². The number of nitrogens with one attached hydrogen (secondary N) is 2. The Morgan fingerprint density at radius 2 is 1.73 bits per heavy atom.